The summed E-state index contributed by atoms with van der Waals surface area (Å²) in [5, 5.41) is 6.95. The predicted octanol–water partition coefficient (Wildman–Crippen LogP) is 3.48. The molecule has 1 N–H and O–H groups in total. The number of hydrogen-bond donors (Lipinski definition) is 1. The van der Waals surface area contributed by atoms with Gasteiger partial charge in [-0.25, -0.2) is 4.98 Å². The van der Waals surface area contributed by atoms with Crippen LogP contribution in [0.1, 0.15) is 28.9 Å². The van der Waals surface area contributed by atoms with Crippen molar-refractivity contribution in [3.63, 3.8) is 0 Å². The highest BCUT2D eigenvalue weighted by Gasteiger charge is 2.19. The lowest BCUT2D eigenvalue weighted by Gasteiger charge is -2.32. The maximum Gasteiger partial charge on any atom is 0.274 e. The number of nitrogens with one attached hydrogen (secondary N) is 1. The number of pyridine rings is 1. The molecule has 9 heteroatoms. The number of aryl methyl sites for hydroxylation is 2. The lowest BCUT2D eigenvalue weighted by molar-refractivity contribution is 0.0532. The van der Waals surface area contributed by atoms with Crippen molar-refractivity contribution >= 4 is 22.9 Å². The molecule has 0 aliphatic carbocycles. The second-order valence-electron chi connectivity index (χ2n) is 8.00. The van der Waals surface area contributed by atoms with Crippen molar-refractivity contribution in [1.29, 1.82) is 0 Å². The minimum absolute atomic E-state index is 0.191. The Morgan fingerprint density at radius 3 is 2.88 bits per heavy atom. The summed E-state index contributed by atoms with van der Waals surface area (Å²) in [5.41, 5.74) is 4.64. The Hall–Kier alpha value is -3.72. The third-order valence-corrected chi connectivity index (χ3v) is 5.61. The van der Waals surface area contributed by atoms with Gasteiger partial charge in [0.1, 0.15) is 11.3 Å². The first-order valence-corrected chi connectivity index (χ1v) is 10.5. The van der Waals surface area contributed by atoms with E-state index in [1.807, 2.05) is 43.5 Å². The Bertz CT molecular complexity index is 1290. The number of hydrogen-bond acceptors (Lipinski definition) is 7. The number of aromatic nitrogens is 4. The molecule has 4 aromatic rings. The zero-order valence-corrected chi connectivity index (χ0v) is 18.2. The van der Waals surface area contributed by atoms with Gasteiger partial charge in [0.2, 0.25) is 11.7 Å². The fraction of sp³-hybridized carbons (Fsp3) is 0.304. The summed E-state index contributed by atoms with van der Waals surface area (Å²) in [5.74, 6) is 0.732. The molecule has 164 valence electrons. The standard InChI is InChI=1S/C23H24N6O3/c1-14-4-5-17(22-25-16(3)32-27-22)10-19(14)26-23(30)20-12-24-21-11-18(6-7-29(20)21)28-8-9-31-15(2)13-28/h4-7,10-12,15H,8-9,13H2,1-3H3,(H,26,30)/t15-/m1/s1. The first-order chi connectivity index (χ1) is 15.5. The van der Waals surface area contributed by atoms with E-state index in [0.717, 1.165) is 35.6 Å². The maximum absolute atomic E-state index is 13.1. The van der Waals surface area contributed by atoms with Gasteiger partial charge in [0.25, 0.3) is 5.91 Å². The molecule has 1 saturated heterocycles. The average Bonchev–Trinajstić information content (AvgIpc) is 3.41. The highest BCUT2D eigenvalue weighted by molar-refractivity contribution is 6.04. The molecule has 1 aromatic carbocycles. The number of amides is 1. The molecule has 1 amide bonds. The third kappa shape index (κ3) is 3.82. The van der Waals surface area contributed by atoms with Crippen molar-refractivity contribution in [3.05, 3.63) is 59.9 Å². The molecule has 3 aromatic heterocycles. The van der Waals surface area contributed by atoms with Crippen LogP contribution in [0.15, 0.2) is 47.2 Å². The van der Waals surface area contributed by atoms with E-state index in [4.69, 9.17) is 9.26 Å². The van der Waals surface area contributed by atoms with Crippen molar-refractivity contribution in [2.45, 2.75) is 26.9 Å². The Morgan fingerprint density at radius 1 is 1.22 bits per heavy atom. The summed E-state index contributed by atoms with van der Waals surface area (Å²) in [6.45, 7) is 8.12. The number of benzene rings is 1. The van der Waals surface area contributed by atoms with E-state index < -0.39 is 0 Å². The molecule has 1 aliphatic rings. The van der Waals surface area contributed by atoms with Gasteiger partial charge < -0.3 is 19.5 Å². The molecular weight excluding hydrogens is 408 g/mol. The first kappa shape index (κ1) is 20.2. The maximum atomic E-state index is 13.1. The number of nitrogens with zero attached hydrogens (tertiary/aromatic N) is 5. The number of carbonyl (C=O) groups is 1. The highest BCUT2D eigenvalue weighted by atomic mass is 16.5. The minimum Gasteiger partial charge on any atom is -0.375 e. The van der Waals surface area contributed by atoms with Crippen LogP contribution in [0.5, 0.6) is 0 Å². The molecule has 9 nitrogen and oxygen atoms in total. The number of morpholine rings is 1. The van der Waals surface area contributed by atoms with E-state index in [-0.39, 0.29) is 12.0 Å². The summed E-state index contributed by atoms with van der Waals surface area (Å²) in [6.07, 6.45) is 3.67. The lowest BCUT2D eigenvalue weighted by Crippen LogP contribution is -2.41. The fourth-order valence-electron chi connectivity index (χ4n) is 3.89. The number of rotatable bonds is 4. The van der Waals surface area contributed by atoms with E-state index in [2.05, 4.69) is 32.3 Å². The summed E-state index contributed by atoms with van der Waals surface area (Å²) < 4.78 is 12.5. The molecular formula is C23H24N6O3. The van der Waals surface area contributed by atoms with Crippen LogP contribution < -0.4 is 10.2 Å². The van der Waals surface area contributed by atoms with Gasteiger partial charge in [-0.1, -0.05) is 17.3 Å². The second-order valence-corrected chi connectivity index (χ2v) is 8.00. The topological polar surface area (TPSA) is 97.8 Å². The summed E-state index contributed by atoms with van der Waals surface area (Å²) in [4.78, 5) is 24.1. The Morgan fingerprint density at radius 2 is 2.09 bits per heavy atom. The molecule has 4 heterocycles. The van der Waals surface area contributed by atoms with Crippen molar-refractivity contribution in [1.82, 2.24) is 19.5 Å². The molecule has 0 radical (unpaired) electrons. The quantitative estimate of drug-likeness (QED) is 0.527. The molecule has 1 fully saturated rings. The molecule has 0 spiro atoms. The monoisotopic (exact) mass is 432 g/mol. The van der Waals surface area contributed by atoms with Crippen molar-refractivity contribution in [2.24, 2.45) is 0 Å². The average molecular weight is 432 g/mol. The third-order valence-electron chi connectivity index (χ3n) is 5.61. The molecule has 1 atom stereocenters. The van der Waals surface area contributed by atoms with Crippen LogP contribution in [0.25, 0.3) is 17.0 Å². The van der Waals surface area contributed by atoms with E-state index in [0.29, 0.717) is 29.7 Å². The van der Waals surface area contributed by atoms with Gasteiger partial charge in [-0.05, 0) is 31.5 Å². The second kappa shape index (κ2) is 8.08. The van der Waals surface area contributed by atoms with Crippen molar-refractivity contribution in [2.75, 3.05) is 29.9 Å². The van der Waals surface area contributed by atoms with Gasteiger partial charge in [-0.15, -0.1) is 0 Å². The Labute approximate surface area is 185 Å². The fourth-order valence-corrected chi connectivity index (χ4v) is 3.89. The van der Waals surface area contributed by atoms with E-state index in [9.17, 15) is 4.79 Å². The van der Waals surface area contributed by atoms with Crippen LogP contribution in [0.3, 0.4) is 0 Å². The van der Waals surface area contributed by atoms with Gasteiger partial charge >= 0.3 is 0 Å². The Balaban J connectivity index is 1.39. The largest absolute Gasteiger partial charge is 0.375 e. The van der Waals surface area contributed by atoms with Gasteiger partial charge in [0, 0.05) is 49.2 Å². The van der Waals surface area contributed by atoms with Crippen LogP contribution in [-0.4, -0.2) is 51.2 Å². The summed E-state index contributed by atoms with van der Waals surface area (Å²) in [7, 11) is 0. The van der Waals surface area contributed by atoms with E-state index in [1.54, 1.807) is 17.5 Å². The van der Waals surface area contributed by atoms with E-state index >= 15 is 0 Å². The van der Waals surface area contributed by atoms with Crippen molar-refractivity contribution in [3.8, 4) is 11.4 Å². The van der Waals surface area contributed by atoms with Crippen LogP contribution >= 0.6 is 0 Å². The van der Waals surface area contributed by atoms with Crippen LogP contribution in [0, 0.1) is 13.8 Å². The predicted molar refractivity (Wildman–Crippen MR) is 120 cm³/mol. The molecule has 5 rings (SSSR count). The zero-order chi connectivity index (χ0) is 22.2. The van der Waals surface area contributed by atoms with Gasteiger partial charge in [0.15, 0.2) is 0 Å². The number of anilines is 2. The molecule has 0 bridgehead atoms. The SMILES string of the molecule is Cc1nc(-c2ccc(C)c(NC(=O)c3cnc4cc(N5CCO[C@H](C)C5)ccn34)c2)no1. The summed E-state index contributed by atoms with van der Waals surface area (Å²) >= 11 is 0. The molecule has 0 saturated carbocycles. The number of ether oxygens (including phenoxy) is 1. The first-order valence-electron chi connectivity index (χ1n) is 10.5. The summed E-state index contributed by atoms with van der Waals surface area (Å²) in [6, 6.07) is 9.67. The van der Waals surface area contributed by atoms with Gasteiger partial charge in [0.05, 0.1) is 18.9 Å². The normalized spacial score (nSPS) is 16.5. The molecule has 0 unspecified atom stereocenters. The number of fused-ring (bicyclic) bond motifs is 1. The van der Waals surface area contributed by atoms with Crippen molar-refractivity contribution < 1.29 is 14.1 Å². The van der Waals surface area contributed by atoms with E-state index in [1.165, 1.54) is 0 Å². The lowest BCUT2D eigenvalue weighted by atomic mass is 10.1. The molecule has 1 aliphatic heterocycles. The Kier molecular flexibility index (Phi) is 5.10. The van der Waals surface area contributed by atoms with Gasteiger partial charge in [-0.2, -0.15) is 4.98 Å². The zero-order valence-electron chi connectivity index (χ0n) is 18.2. The number of imidazole rings is 1. The van der Waals surface area contributed by atoms with Crippen LogP contribution in [0.4, 0.5) is 11.4 Å². The van der Waals surface area contributed by atoms with Crippen LogP contribution in [-0.2, 0) is 4.74 Å². The highest BCUT2D eigenvalue weighted by Crippen LogP contribution is 2.25. The number of carbonyl (C=O) groups excluding carboxylic acids is 1. The van der Waals surface area contributed by atoms with Gasteiger partial charge in [-0.3, -0.25) is 9.20 Å². The molecule has 32 heavy (non-hydrogen) atoms. The minimum atomic E-state index is -0.241. The smallest absolute Gasteiger partial charge is 0.274 e. The van der Waals surface area contributed by atoms with Crippen LogP contribution in [0.2, 0.25) is 0 Å².